The topological polar surface area (TPSA) is 29.4 Å². The van der Waals surface area contributed by atoms with Crippen LogP contribution in [-0.2, 0) is 9.73 Å². The molecule has 2 aromatic carbocycles. The number of hydrogen-bond donors (Lipinski definition) is 0. The van der Waals surface area contributed by atoms with E-state index in [4.69, 9.17) is 0 Å². The molecular formula is C17H19NOS. The lowest BCUT2D eigenvalue weighted by atomic mass is 10.1. The van der Waals surface area contributed by atoms with Gasteiger partial charge < -0.3 is 0 Å². The summed E-state index contributed by atoms with van der Waals surface area (Å²) >= 11 is 0. The summed E-state index contributed by atoms with van der Waals surface area (Å²) in [7, 11) is -0.887. The lowest BCUT2D eigenvalue weighted by Gasteiger charge is -2.09. The minimum atomic E-state index is -2.50. The molecule has 0 aliphatic heterocycles. The maximum absolute atomic E-state index is 13.1. The molecule has 0 aliphatic carbocycles. The second-order valence-electron chi connectivity index (χ2n) is 4.43. The van der Waals surface area contributed by atoms with Gasteiger partial charge in [-0.2, -0.15) is 0 Å². The van der Waals surface area contributed by atoms with Crippen LogP contribution in [0.3, 0.4) is 0 Å². The maximum atomic E-state index is 13.1. The van der Waals surface area contributed by atoms with Crippen LogP contribution in [0.1, 0.15) is 18.9 Å². The second-order valence-corrected chi connectivity index (χ2v) is 6.64. The first-order chi connectivity index (χ1) is 9.69. The Labute approximate surface area is 121 Å². The predicted molar refractivity (Wildman–Crippen MR) is 85.9 cm³/mol. The second kappa shape index (κ2) is 6.53. The summed E-state index contributed by atoms with van der Waals surface area (Å²) in [6.45, 7) is 2.07. The highest BCUT2D eigenvalue weighted by Gasteiger charge is 2.10. The lowest BCUT2D eigenvalue weighted by Crippen LogP contribution is -1.98. The van der Waals surface area contributed by atoms with Gasteiger partial charge in [-0.15, -0.1) is 0 Å². The molecule has 0 N–H and O–H groups in total. The Bertz CT molecular complexity index is 696. The number of rotatable bonds is 4. The molecule has 0 bridgehead atoms. The smallest absolute Gasteiger partial charge is 0.0969 e. The summed E-state index contributed by atoms with van der Waals surface area (Å²) in [5, 5.41) is 1.82. The summed E-state index contributed by atoms with van der Waals surface area (Å²) in [5.74, 6) is 0. The Morgan fingerprint density at radius 2 is 1.60 bits per heavy atom. The molecule has 0 aliphatic rings. The van der Waals surface area contributed by atoms with Gasteiger partial charge in [0.15, 0.2) is 0 Å². The van der Waals surface area contributed by atoms with Crippen LogP contribution in [0.15, 0.2) is 75.3 Å². The van der Waals surface area contributed by atoms with Crippen LogP contribution in [0, 0.1) is 0 Å². The molecule has 0 saturated heterocycles. The average Bonchev–Trinajstić information content (AvgIpc) is 2.54. The molecule has 2 nitrogen and oxygen atoms in total. The SMILES string of the molecule is CC/C(=C/[S@@](=O)(=NC)c1ccccc1)c1ccccc1. The van der Waals surface area contributed by atoms with Crippen molar-refractivity contribution in [1.29, 1.82) is 0 Å². The van der Waals surface area contributed by atoms with Gasteiger partial charge in [-0.05, 0) is 29.7 Å². The Hall–Kier alpha value is -1.87. The van der Waals surface area contributed by atoms with Crippen molar-refractivity contribution in [1.82, 2.24) is 0 Å². The fraction of sp³-hybridized carbons (Fsp3) is 0.176. The monoisotopic (exact) mass is 285 g/mol. The summed E-state index contributed by atoms with van der Waals surface area (Å²) in [5.41, 5.74) is 2.16. The Kier molecular flexibility index (Phi) is 4.74. The standard InChI is InChI=1S/C17H19NOS/c1-3-15(16-10-6-4-7-11-16)14-20(19,18-2)17-12-8-5-9-13-17/h4-14H,3H2,1-2H3/b15-14-/t20-/m0/s1. The molecule has 3 heteroatoms. The molecule has 0 radical (unpaired) electrons. The number of allylic oxidation sites excluding steroid dienone is 1. The minimum absolute atomic E-state index is 0.754. The van der Waals surface area contributed by atoms with Crippen LogP contribution in [0.5, 0.6) is 0 Å². The van der Waals surface area contributed by atoms with Gasteiger partial charge in [0.1, 0.15) is 0 Å². The summed E-state index contributed by atoms with van der Waals surface area (Å²) < 4.78 is 17.2. The van der Waals surface area contributed by atoms with E-state index in [-0.39, 0.29) is 0 Å². The van der Waals surface area contributed by atoms with E-state index in [1.165, 1.54) is 0 Å². The van der Waals surface area contributed by atoms with Crippen LogP contribution in [0.4, 0.5) is 0 Å². The van der Waals surface area contributed by atoms with Crippen LogP contribution < -0.4 is 0 Å². The lowest BCUT2D eigenvalue weighted by molar-refractivity contribution is 0.682. The average molecular weight is 285 g/mol. The zero-order valence-corrected chi connectivity index (χ0v) is 12.6. The first-order valence-electron chi connectivity index (χ1n) is 6.66. The van der Waals surface area contributed by atoms with Gasteiger partial charge in [0.2, 0.25) is 0 Å². The van der Waals surface area contributed by atoms with Gasteiger partial charge in [0.25, 0.3) is 0 Å². The van der Waals surface area contributed by atoms with Gasteiger partial charge in [-0.25, -0.2) is 8.57 Å². The highest BCUT2D eigenvalue weighted by Crippen LogP contribution is 2.23. The molecule has 20 heavy (non-hydrogen) atoms. The van der Waals surface area contributed by atoms with Gasteiger partial charge in [0.05, 0.1) is 14.6 Å². The fourth-order valence-corrected chi connectivity index (χ4v) is 3.73. The van der Waals surface area contributed by atoms with Crippen molar-refractivity contribution in [3.05, 3.63) is 71.6 Å². The Morgan fingerprint density at radius 1 is 1.05 bits per heavy atom. The highest BCUT2D eigenvalue weighted by atomic mass is 32.2. The third-order valence-electron chi connectivity index (χ3n) is 3.18. The van der Waals surface area contributed by atoms with E-state index < -0.39 is 9.73 Å². The van der Waals surface area contributed by atoms with Gasteiger partial charge in [-0.3, -0.25) is 0 Å². The molecule has 0 heterocycles. The fourth-order valence-electron chi connectivity index (χ4n) is 2.04. The molecule has 2 aromatic rings. The number of hydrogen-bond acceptors (Lipinski definition) is 2. The quantitative estimate of drug-likeness (QED) is 0.807. The van der Waals surface area contributed by atoms with E-state index in [9.17, 15) is 4.21 Å². The van der Waals surface area contributed by atoms with Crippen molar-refractivity contribution in [3.63, 3.8) is 0 Å². The van der Waals surface area contributed by atoms with Gasteiger partial charge >= 0.3 is 0 Å². The Balaban J connectivity index is 2.53. The molecule has 0 spiro atoms. The number of nitrogens with zero attached hydrogens (tertiary/aromatic N) is 1. The Morgan fingerprint density at radius 3 is 2.10 bits per heavy atom. The number of benzene rings is 2. The van der Waals surface area contributed by atoms with Crippen LogP contribution in [-0.4, -0.2) is 11.3 Å². The minimum Gasteiger partial charge on any atom is -0.240 e. The van der Waals surface area contributed by atoms with Crippen molar-refractivity contribution < 1.29 is 4.21 Å². The van der Waals surface area contributed by atoms with Gasteiger partial charge in [0, 0.05) is 12.5 Å². The van der Waals surface area contributed by atoms with Crippen molar-refractivity contribution >= 4 is 15.3 Å². The molecule has 1 atom stereocenters. The zero-order valence-electron chi connectivity index (χ0n) is 11.8. The molecular weight excluding hydrogens is 266 g/mol. The molecule has 0 unspecified atom stereocenters. The van der Waals surface area contributed by atoms with Crippen molar-refractivity contribution in [2.75, 3.05) is 7.05 Å². The summed E-state index contributed by atoms with van der Waals surface area (Å²) in [6, 6.07) is 19.5. The van der Waals surface area contributed by atoms with Crippen molar-refractivity contribution in [3.8, 4) is 0 Å². The third kappa shape index (κ3) is 3.17. The molecule has 2 rings (SSSR count). The van der Waals surface area contributed by atoms with E-state index in [0.717, 1.165) is 22.5 Å². The van der Waals surface area contributed by atoms with E-state index >= 15 is 0 Å². The molecule has 104 valence electrons. The van der Waals surface area contributed by atoms with Crippen LogP contribution >= 0.6 is 0 Å². The van der Waals surface area contributed by atoms with Crippen LogP contribution in [0.2, 0.25) is 0 Å². The summed E-state index contributed by atoms with van der Waals surface area (Å²) in [4.78, 5) is 0.754. The van der Waals surface area contributed by atoms with Crippen molar-refractivity contribution in [2.45, 2.75) is 18.2 Å². The molecule has 0 aromatic heterocycles. The highest BCUT2D eigenvalue weighted by molar-refractivity contribution is 7.96. The van der Waals surface area contributed by atoms with E-state index in [0.29, 0.717) is 0 Å². The third-order valence-corrected chi connectivity index (χ3v) is 5.27. The first kappa shape index (κ1) is 14.5. The summed E-state index contributed by atoms with van der Waals surface area (Å²) in [6.07, 6.45) is 0.823. The molecule has 0 amide bonds. The van der Waals surface area contributed by atoms with Crippen LogP contribution in [0.25, 0.3) is 5.57 Å². The van der Waals surface area contributed by atoms with E-state index in [1.807, 2.05) is 66.1 Å². The normalized spacial score (nSPS) is 14.6. The predicted octanol–water partition coefficient (Wildman–Crippen LogP) is 4.59. The molecule has 0 saturated carbocycles. The largest absolute Gasteiger partial charge is 0.240 e. The van der Waals surface area contributed by atoms with E-state index in [1.54, 1.807) is 7.05 Å². The zero-order chi connectivity index (χ0) is 14.4. The first-order valence-corrected chi connectivity index (χ1v) is 8.24. The maximum Gasteiger partial charge on any atom is 0.0969 e. The van der Waals surface area contributed by atoms with E-state index in [2.05, 4.69) is 11.3 Å². The van der Waals surface area contributed by atoms with Gasteiger partial charge in [-0.1, -0.05) is 55.5 Å². The van der Waals surface area contributed by atoms with Crippen molar-refractivity contribution in [2.24, 2.45) is 4.36 Å². The molecule has 0 fully saturated rings.